The number of ketones is 1. The Hall–Kier alpha value is -4.00. The van der Waals surface area contributed by atoms with Gasteiger partial charge in [-0.15, -0.1) is 0 Å². The number of anilines is 1. The molecule has 0 radical (unpaired) electrons. The first-order chi connectivity index (χ1) is 15.0. The number of aryl methyl sites for hydroxylation is 1. The third-order valence-electron chi connectivity index (χ3n) is 5.13. The molecule has 0 saturated heterocycles. The van der Waals surface area contributed by atoms with Gasteiger partial charge in [-0.2, -0.15) is 0 Å². The zero-order chi connectivity index (χ0) is 22.0. The second kappa shape index (κ2) is 8.39. The van der Waals surface area contributed by atoms with Crippen LogP contribution in [0.5, 0.6) is 0 Å². The standard InChI is InChI=1S/C24H22N4O3/c1-3-17-6-4-7-20(14-17)28-24(31)21-8-5-13-25-23(21)27(28)15-22(30)26-19-11-9-18(10-12-19)16(2)29/h4-14H,3,15H2,1-2H3,(H,26,30). The molecule has 0 saturated carbocycles. The van der Waals surface area contributed by atoms with Crippen molar-refractivity contribution in [3.8, 4) is 5.69 Å². The van der Waals surface area contributed by atoms with Gasteiger partial charge in [0.15, 0.2) is 11.4 Å². The third-order valence-corrected chi connectivity index (χ3v) is 5.13. The van der Waals surface area contributed by atoms with E-state index in [1.807, 2.05) is 31.2 Å². The van der Waals surface area contributed by atoms with Gasteiger partial charge in [0.2, 0.25) is 5.91 Å². The van der Waals surface area contributed by atoms with Crippen molar-refractivity contribution in [1.29, 1.82) is 0 Å². The van der Waals surface area contributed by atoms with Crippen LogP contribution in [0.3, 0.4) is 0 Å². The number of nitrogens with one attached hydrogen (secondary N) is 1. The molecule has 1 N–H and O–H groups in total. The van der Waals surface area contributed by atoms with Gasteiger partial charge in [0, 0.05) is 17.4 Å². The first-order valence-corrected chi connectivity index (χ1v) is 10.0. The molecule has 2 aromatic carbocycles. The molecule has 4 aromatic rings. The Labute approximate surface area is 178 Å². The summed E-state index contributed by atoms with van der Waals surface area (Å²) in [7, 11) is 0. The van der Waals surface area contributed by atoms with Crippen molar-refractivity contribution < 1.29 is 9.59 Å². The van der Waals surface area contributed by atoms with Gasteiger partial charge >= 0.3 is 0 Å². The fraction of sp³-hybridized carbons (Fsp3) is 0.167. The summed E-state index contributed by atoms with van der Waals surface area (Å²) in [6.07, 6.45) is 2.43. The number of carbonyl (C=O) groups excluding carboxylic acids is 2. The molecule has 0 bridgehead atoms. The molecule has 0 spiro atoms. The van der Waals surface area contributed by atoms with Crippen molar-refractivity contribution in [3.63, 3.8) is 0 Å². The molecular formula is C24H22N4O3. The van der Waals surface area contributed by atoms with E-state index < -0.39 is 0 Å². The van der Waals surface area contributed by atoms with Gasteiger partial charge in [-0.3, -0.25) is 19.1 Å². The van der Waals surface area contributed by atoms with E-state index in [0.29, 0.717) is 28.0 Å². The summed E-state index contributed by atoms with van der Waals surface area (Å²) in [5.74, 6) is -0.348. The number of aromatic nitrogens is 3. The van der Waals surface area contributed by atoms with Crippen LogP contribution in [0.15, 0.2) is 71.7 Å². The van der Waals surface area contributed by atoms with Crippen molar-refractivity contribution in [1.82, 2.24) is 14.3 Å². The lowest BCUT2D eigenvalue weighted by atomic mass is 10.1. The van der Waals surface area contributed by atoms with Crippen LogP contribution in [0.1, 0.15) is 29.8 Å². The van der Waals surface area contributed by atoms with Gasteiger partial charge in [-0.1, -0.05) is 19.1 Å². The van der Waals surface area contributed by atoms with Gasteiger partial charge in [-0.05, 0) is 67.4 Å². The minimum absolute atomic E-state index is 0.0407. The predicted octanol–water partition coefficient (Wildman–Crippen LogP) is 3.59. The summed E-state index contributed by atoms with van der Waals surface area (Å²) in [6.45, 7) is 3.44. The number of fused-ring (bicyclic) bond motifs is 1. The number of rotatable bonds is 6. The molecule has 1 amide bonds. The summed E-state index contributed by atoms with van der Waals surface area (Å²) in [5.41, 5.74) is 3.13. The Balaban J connectivity index is 1.71. The Bertz CT molecular complexity index is 1330. The van der Waals surface area contributed by atoms with Gasteiger partial charge in [0.05, 0.1) is 11.1 Å². The maximum Gasteiger partial charge on any atom is 0.280 e. The third kappa shape index (κ3) is 4.02. The van der Waals surface area contributed by atoms with Crippen LogP contribution in [0.25, 0.3) is 16.7 Å². The van der Waals surface area contributed by atoms with Gasteiger partial charge < -0.3 is 5.32 Å². The molecule has 2 heterocycles. The van der Waals surface area contributed by atoms with E-state index in [9.17, 15) is 14.4 Å². The molecule has 0 fully saturated rings. The van der Waals surface area contributed by atoms with Crippen molar-refractivity contribution in [2.75, 3.05) is 5.32 Å². The maximum absolute atomic E-state index is 13.1. The summed E-state index contributed by atoms with van der Waals surface area (Å²) in [5, 5.41) is 3.26. The average Bonchev–Trinajstić information content (AvgIpc) is 3.05. The number of pyridine rings is 1. The summed E-state index contributed by atoms with van der Waals surface area (Å²) >= 11 is 0. The second-order valence-corrected chi connectivity index (χ2v) is 7.25. The number of carbonyl (C=O) groups is 2. The van der Waals surface area contributed by atoms with E-state index in [0.717, 1.165) is 12.0 Å². The lowest BCUT2D eigenvalue weighted by Crippen LogP contribution is -2.27. The van der Waals surface area contributed by atoms with Gasteiger partial charge in [-0.25, -0.2) is 9.67 Å². The highest BCUT2D eigenvalue weighted by Gasteiger charge is 2.18. The molecule has 0 atom stereocenters. The molecule has 0 aliphatic heterocycles. The van der Waals surface area contributed by atoms with Gasteiger partial charge in [0.1, 0.15) is 6.54 Å². The summed E-state index contributed by atoms with van der Waals surface area (Å²) in [4.78, 5) is 41.7. The first-order valence-electron chi connectivity index (χ1n) is 10.0. The number of benzene rings is 2. The average molecular weight is 414 g/mol. The molecule has 0 aliphatic carbocycles. The lowest BCUT2D eigenvalue weighted by molar-refractivity contribution is -0.116. The van der Waals surface area contributed by atoms with Crippen LogP contribution >= 0.6 is 0 Å². The van der Waals surface area contributed by atoms with E-state index in [4.69, 9.17) is 0 Å². The zero-order valence-corrected chi connectivity index (χ0v) is 17.3. The zero-order valence-electron chi connectivity index (χ0n) is 17.3. The first kappa shape index (κ1) is 20.3. The van der Waals surface area contributed by atoms with Crippen molar-refractivity contribution in [2.45, 2.75) is 26.8 Å². The molecule has 7 heteroatoms. The number of nitrogens with zero attached hydrogens (tertiary/aromatic N) is 3. The molecule has 0 aliphatic rings. The maximum atomic E-state index is 13.1. The van der Waals surface area contributed by atoms with Crippen molar-refractivity contribution in [2.24, 2.45) is 0 Å². The Morgan fingerprint density at radius 3 is 2.52 bits per heavy atom. The topological polar surface area (TPSA) is 86.0 Å². The van der Waals surface area contributed by atoms with E-state index in [1.165, 1.54) is 11.6 Å². The molecule has 0 unspecified atom stereocenters. The molecule has 4 rings (SSSR count). The SMILES string of the molecule is CCc1cccc(-n2c(=O)c3cccnc3n2CC(=O)Nc2ccc(C(C)=O)cc2)c1. The molecular weight excluding hydrogens is 392 g/mol. The van der Waals surface area contributed by atoms with Crippen LogP contribution < -0.4 is 10.9 Å². The number of hydrogen-bond acceptors (Lipinski definition) is 4. The van der Waals surface area contributed by atoms with E-state index in [2.05, 4.69) is 10.3 Å². The van der Waals surface area contributed by atoms with Crippen LogP contribution in [0.2, 0.25) is 0 Å². The molecule has 7 nitrogen and oxygen atoms in total. The smallest absolute Gasteiger partial charge is 0.280 e. The van der Waals surface area contributed by atoms with E-state index in [1.54, 1.807) is 47.3 Å². The van der Waals surface area contributed by atoms with E-state index >= 15 is 0 Å². The minimum Gasteiger partial charge on any atom is -0.324 e. The normalized spacial score (nSPS) is 10.9. The lowest BCUT2D eigenvalue weighted by Gasteiger charge is -2.13. The quantitative estimate of drug-likeness (QED) is 0.489. The summed E-state index contributed by atoms with van der Waals surface area (Å²) < 4.78 is 3.08. The van der Waals surface area contributed by atoms with Crippen molar-refractivity contribution >= 4 is 28.4 Å². The minimum atomic E-state index is -0.307. The van der Waals surface area contributed by atoms with Crippen LogP contribution in [0.4, 0.5) is 5.69 Å². The molecule has 156 valence electrons. The fourth-order valence-electron chi connectivity index (χ4n) is 3.52. The Morgan fingerprint density at radius 1 is 1.03 bits per heavy atom. The highest BCUT2D eigenvalue weighted by molar-refractivity contribution is 5.95. The van der Waals surface area contributed by atoms with E-state index in [-0.39, 0.29) is 23.8 Å². The number of amides is 1. The number of Topliss-reactive ketones (excluding diaryl/α,β-unsaturated/α-hetero) is 1. The summed E-state index contributed by atoms with van der Waals surface area (Å²) in [6, 6.07) is 17.8. The molecule has 2 aromatic heterocycles. The van der Waals surface area contributed by atoms with Crippen LogP contribution in [0, 0.1) is 0 Å². The highest BCUT2D eigenvalue weighted by atomic mass is 16.2. The fourth-order valence-corrected chi connectivity index (χ4v) is 3.52. The van der Waals surface area contributed by atoms with Crippen LogP contribution in [-0.4, -0.2) is 26.0 Å². The Kier molecular flexibility index (Phi) is 5.49. The predicted molar refractivity (Wildman–Crippen MR) is 120 cm³/mol. The van der Waals surface area contributed by atoms with Crippen molar-refractivity contribution in [3.05, 3.63) is 88.3 Å². The largest absolute Gasteiger partial charge is 0.324 e. The number of hydrogen-bond donors (Lipinski definition) is 1. The molecule has 31 heavy (non-hydrogen) atoms. The second-order valence-electron chi connectivity index (χ2n) is 7.25. The van der Waals surface area contributed by atoms with Gasteiger partial charge in [0.25, 0.3) is 5.56 Å². The Morgan fingerprint density at radius 2 is 1.81 bits per heavy atom. The monoisotopic (exact) mass is 414 g/mol. The highest BCUT2D eigenvalue weighted by Crippen LogP contribution is 2.16. The van der Waals surface area contributed by atoms with Crippen LogP contribution in [-0.2, 0) is 17.8 Å².